The summed E-state index contributed by atoms with van der Waals surface area (Å²) < 4.78 is 2.00. The van der Waals surface area contributed by atoms with Crippen LogP contribution in [0.4, 0.5) is 0 Å². The maximum Gasteiger partial charge on any atom is 0.256 e. The van der Waals surface area contributed by atoms with Gasteiger partial charge in [-0.1, -0.05) is 6.07 Å². The second-order valence-electron chi connectivity index (χ2n) is 7.05. The third kappa shape index (κ3) is 3.30. The van der Waals surface area contributed by atoms with E-state index in [4.69, 9.17) is 4.98 Å². The van der Waals surface area contributed by atoms with Crippen molar-refractivity contribution >= 4 is 22.8 Å². The van der Waals surface area contributed by atoms with E-state index in [9.17, 15) is 9.90 Å². The van der Waals surface area contributed by atoms with Crippen LogP contribution in [0.1, 0.15) is 23.2 Å². The number of aliphatic hydroxyl groups is 1. The minimum absolute atomic E-state index is 0.00349. The number of nitrogens with zero attached hydrogens (tertiary/aromatic N) is 5. The maximum atomic E-state index is 13.2. The van der Waals surface area contributed by atoms with Crippen molar-refractivity contribution in [3.63, 3.8) is 0 Å². The summed E-state index contributed by atoms with van der Waals surface area (Å²) in [5.74, 6) is -0.00349. The molecule has 0 bridgehead atoms. The number of thiazole rings is 1. The quantitative estimate of drug-likeness (QED) is 0.566. The Labute approximate surface area is 171 Å². The Balaban J connectivity index is 1.54. The molecule has 8 heteroatoms. The molecule has 5 heterocycles. The van der Waals surface area contributed by atoms with Crippen LogP contribution in [-0.4, -0.2) is 54.5 Å². The van der Waals surface area contributed by atoms with Crippen LogP contribution < -0.4 is 0 Å². The molecule has 7 nitrogen and oxygen atoms in total. The maximum absolute atomic E-state index is 13.2. The number of rotatable bonds is 3. The van der Waals surface area contributed by atoms with Gasteiger partial charge in [0, 0.05) is 37.1 Å². The van der Waals surface area contributed by atoms with Crippen molar-refractivity contribution in [3.8, 4) is 22.1 Å². The van der Waals surface area contributed by atoms with Gasteiger partial charge in [-0.05, 0) is 31.0 Å². The molecule has 4 aromatic rings. The van der Waals surface area contributed by atoms with E-state index in [0.717, 1.165) is 27.6 Å². The highest BCUT2D eigenvalue weighted by molar-refractivity contribution is 7.13. The highest BCUT2D eigenvalue weighted by atomic mass is 32.1. The molecule has 1 N–H and O–H groups in total. The topological polar surface area (TPSA) is 83.6 Å². The van der Waals surface area contributed by atoms with Gasteiger partial charge in [0.05, 0.1) is 34.8 Å². The van der Waals surface area contributed by atoms with Gasteiger partial charge in [0.15, 0.2) is 0 Å². The molecule has 1 saturated heterocycles. The highest BCUT2D eigenvalue weighted by Gasteiger charge is 2.26. The number of hydrogen-bond donors (Lipinski definition) is 1. The van der Waals surface area contributed by atoms with Gasteiger partial charge in [0.2, 0.25) is 0 Å². The summed E-state index contributed by atoms with van der Waals surface area (Å²) >= 11 is 1.50. The van der Waals surface area contributed by atoms with E-state index >= 15 is 0 Å². The fraction of sp³-hybridized carbons (Fsp3) is 0.238. The SMILES string of the molecule is O=C(c1cc(-c2csc(-c3cnccn3)n2)n2ccccc12)N1CCC(O)CC1. The molecule has 0 atom stereocenters. The summed E-state index contributed by atoms with van der Waals surface area (Å²) in [6.07, 6.45) is 7.86. The molecule has 29 heavy (non-hydrogen) atoms. The van der Waals surface area contributed by atoms with Crippen LogP contribution in [-0.2, 0) is 0 Å². The zero-order valence-electron chi connectivity index (χ0n) is 15.6. The summed E-state index contributed by atoms with van der Waals surface area (Å²) in [5.41, 5.74) is 3.91. The first-order valence-electron chi connectivity index (χ1n) is 9.50. The smallest absolute Gasteiger partial charge is 0.256 e. The molecule has 0 aliphatic carbocycles. The van der Waals surface area contributed by atoms with E-state index in [1.54, 1.807) is 18.6 Å². The summed E-state index contributed by atoms with van der Waals surface area (Å²) in [6.45, 7) is 1.15. The van der Waals surface area contributed by atoms with Gasteiger partial charge in [0.25, 0.3) is 5.91 Å². The van der Waals surface area contributed by atoms with Crippen LogP contribution in [0.5, 0.6) is 0 Å². The number of aromatic nitrogens is 4. The Morgan fingerprint density at radius 2 is 2.03 bits per heavy atom. The molecular weight excluding hydrogens is 386 g/mol. The molecule has 1 amide bonds. The minimum atomic E-state index is -0.310. The number of amides is 1. The molecule has 0 spiro atoms. The fourth-order valence-electron chi connectivity index (χ4n) is 3.68. The number of pyridine rings is 1. The lowest BCUT2D eigenvalue weighted by molar-refractivity contribution is 0.0548. The van der Waals surface area contributed by atoms with Gasteiger partial charge in [-0.2, -0.15) is 0 Å². The Kier molecular flexibility index (Phi) is 4.57. The van der Waals surface area contributed by atoms with Crippen molar-refractivity contribution in [2.75, 3.05) is 13.1 Å². The molecule has 1 aliphatic rings. The molecule has 0 saturated carbocycles. The van der Waals surface area contributed by atoms with Crippen LogP contribution >= 0.6 is 11.3 Å². The largest absolute Gasteiger partial charge is 0.393 e. The average molecular weight is 405 g/mol. The summed E-state index contributed by atoms with van der Waals surface area (Å²) in [6, 6.07) is 7.74. The average Bonchev–Trinajstić information content (AvgIpc) is 3.40. The first-order chi connectivity index (χ1) is 14.2. The second-order valence-corrected chi connectivity index (χ2v) is 7.91. The summed E-state index contributed by atoms with van der Waals surface area (Å²) in [4.78, 5) is 28.2. The number of carbonyl (C=O) groups excluding carboxylic acids is 1. The van der Waals surface area contributed by atoms with E-state index in [-0.39, 0.29) is 12.0 Å². The van der Waals surface area contributed by atoms with E-state index in [2.05, 4.69) is 9.97 Å². The van der Waals surface area contributed by atoms with Crippen molar-refractivity contribution in [2.45, 2.75) is 18.9 Å². The molecule has 1 aliphatic heterocycles. The van der Waals surface area contributed by atoms with Crippen molar-refractivity contribution in [1.82, 2.24) is 24.3 Å². The fourth-order valence-corrected chi connectivity index (χ4v) is 4.45. The number of likely N-dealkylation sites (tertiary alicyclic amines) is 1. The Bertz CT molecular complexity index is 1160. The lowest BCUT2D eigenvalue weighted by atomic mass is 10.1. The molecule has 5 rings (SSSR count). The first kappa shape index (κ1) is 18.0. The molecule has 0 radical (unpaired) electrons. The van der Waals surface area contributed by atoms with Crippen LogP contribution in [0.2, 0.25) is 0 Å². The van der Waals surface area contributed by atoms with Gasteiger partial charge < -0.3 is 14.4 Å². The van der Waals surface area contributed by atoms with Crippen molar-refractivity contribution in [3.05, 3.63) is 60.0 Å². The lowest BCUT2D eigenvalue weighted by Crippen LogP contribution is -2.40. The predicted molar refractivity (Wildman–Crippen MR) is 111 cm³/mol. The third-order valence-electron chi connectivity index (χ3n) is 5.21. The monoisotopic (exact) mass is 405 g/mol. The summed E-state index contributed by atoms with van der Waals surface area (Å²) in [7, 11) is 0. The van der Waals surface area contributed by atoms with Gasteiger partial charge in [-0.15, -0.1) is 11.3 Å². The number of carbonyl (C=O) groups is 1. The molecule has 0 unspecified atom stereocenters. The number of piperidine rings is 1. The predicted octanol–water partition coefficient (Wildman–Crippen LogP) is 3.12. The number of fused-ring (bicyclic) bond motifs is 1. The van der Waals surface area contributed by atoms with Gasteiger partial charge >= 0.3 is 0 Å². The summed E-state index contributed by atoms with van der Waals surface area (Å²) in [5, 5.41) is 12.5. The lowest BCUT2D eigenvalue weighted by Gasteiger charge is -2.29. The van der Waals surface area contributed by atoms with Crippen LogP contribution in [0.25, 0.3) is 27.6 Å². The van der Waals surface area contributed by atoms with E-state index in [0.29, 0.717) is 31.5 Å². The molecule has 146 valence electrons. The van der Waals surface area contributed by atoms with E-state index < -0.39 is 0 Å². The first-order valence-corrected chi connectivity index (χ1v) is 10.4. The van der Waals surface area contributed by atoms with Crippen molar-refractivity contribution < 1.29 is 9.90 Å². The van der Waals surface area contributed by atoms with Gasteiger partial charge in [0.1, 0.15) is 10.7 Å². The Hall–Kier alpha value is -3.10. The van der Waals surface area contributed by atoms with Crippen LogP contribution in [0.15, 0.2) is 54.4 Å². The van der Waals surface area contributed by atoms with Crippen LogP contribution in [0.3, 0.4) is 0 Å². The van der Waals surface area contributed by atoms with Crippen LogP contribution in [0, 0.1) is 0 Å². The molecule has 0 aromatic carbocycles. The van der Waals surface area contributed by atoms with Gasteiger partial charge in [-0.25, -0.2) is 4.98 Å². The third-order valence-corrected chi connectivity index (χ3v) is 6.07. The zero-order valence-corrected chi connectivity index (χ0v) is 16.4. The Morgan fingerprint density at radius 1 is 1.17 bits per heavy atom. The van der Waals surface area contributed by atoms with Crippen molar-refractivity contribution in [2.24, 2.45) is 0 Å². The number of hydrogen-bond acceptors (Lipinski definition) is 6. The zero-order chi connectivity index (χ0) is 19.8. The standard InChI is InChI=1S/C21H19N5O2S/c27-14-4-9-25(10-5-14)21(28)15-11-19(26-8-2-1-3-18(15)26)17-13-29-20(24-17)16-12-22-6-7-23-16/h1-3,6-8,11-14,27H,4-5,9-10H2. The van der Waals surface area contributed by atoms with Gasteiger partial charge in [-0.3, -0.25) is 14.8 Å². The normalized spacial score (nSPS) is 15.1. The molecular formula is C21H19N5O2S. The molecule has 1 fully saturated rings. The highest BCUT2D eigenvalue weighted by Crippen LogP contribution is 2.31. The van der Waals surface area contributed by atoms with Crippen molar-refractivity contribution in [1.29, 1.82) is 0 Å². The molecule has 4 aromatic heterocycles. The van der Waals surface area contributed by atoms with E-state index in [1.165, 1.54) is 11.3 Å². The van der Waals surface area contributed by atoms with E-state index in [1.807, 2.05) is 45.1 Å². The minimum Gasteiger partial charge on any atom is -0.393 e. The Morgan fingerprint density at radius 3 is 2.83 bits per heavy atom. The number of aliphatic hydroxyl groups excluding tert-OH is 1. The second kappa shape index (κ2) is 7.38.